The quantitative estimate of drug-likeness (QED) is 0.612. The fourth-order valence-electron chi connectivity index (χ4n) is 2.42. The Morgan fingerprint density at radius 1 is 0.864 bits per heavy atom. The summed E-state index contributed by atoms with van der Waals surface area (Å²) in [5.41, 5.74) is 10.3. The maximum atomic E-state index is 5.76. The zero-order valence-electron chi connectivity index (χ0n) is 11.6. The van der Waals surface area contributed by atoms with E-state index >= 15 is 0 Å². The molecule has 0 bridgehead atoms. The van der Waals surface area contributed by atoms with Gasteiger partial charge in [-0.25, -0.2) is 4.52 Å². The third-order valence-corrected chi connectivity index (χ3v) is 3.41. The summed E-state index contributed by atoms with van der Waals surface area (Å²) in [6.45, 7) is 0. The van der Waals surface area contributed by atoms with Crippen LogP contribution in [0.5, 0.6) is 0 Å². The van der Waals surface area contributed by atoms with Gasteiger partial charge in [-0.15, -0.1) is 5.10 Å². The van der Waals surface area contributed by atoms with Gasteiger partial charge in [0.05, 0.1) is 5.69 Å². The van der Waals surface area contributed by atoms with Gasteiger partial charge in [0.25, 0.3) is 0 Å². The summed E-state index contributed by atoms with van der Waals surface area (Å²) in [7, 11) is 0. The molecule has 0 aliphatic heterocycles. The largest absolute Gasteiger partial charge is 0.366 e. The van der Waals surface area contributed by atoms with Gasteiger partial charge in [0.1, 0.15) is 0 Å². The molecule has 0 unspecified atom stereocenters. The van der Waals surface area contributed by atoms with Crippen molar-refractivity contribution in [3.63, 3.8) is 0 Å². The molecule has 106 valence electrons. The zero-order chi connectivity index (χ0) is 14.9. The lowest BCUT2D eigenvalue weighted by atomic mass is 10.1. The number of nitrogen functional groups attached to an aromatic ring is 1. The number of rotatable bonds is 2. The Labute approximate surface area is 126 Å². The van der Waals surface area contributed by atoms with Gasteiger partial charge in [-0.2, -0.15) is 4.98 Å². The standard InChI is InChI=1S/C16H12N6/c17-16-20-15-8-13(11-3-1-5-18-9-11)7-14(22(15)21-16)12-4-2-6-19-10-12/h1-10H,(H2,17,21). The molecule has 0 atom stereocenters. The van der Waals surface area contributed by atoms with E-state index in [1.165, 1.54) is 0 Å². The third-order valence-electron chi connectivity index (χ3n) is 3.41. The van der Waals surface area contributed by atoms with E-state index in [4.69, 9.17) is 5.73 Å². The van der Waals surface area contributed by atoms with Crippen LogP contribution in [0.15, 0.2) is 61.2 Å². The maximum Gasteiger partial charge on any atom is 0.240 e. The van der Waals surface area contributed by atoms with Crippen molar-refractivity contribution in [1.29, 1.82) is 0 Å². The Bertz CT molecular complexity index is 931. The summed E-state index contributed by atoms with van der Waals surface area (Å²) >= 11 is 0. The van der Waals surface area contributed by atoms with E-state index in [0.717, 1.165) is 22.4 Å². The number of aromatic nitrogens is 5. The van der Waals surface area contributed by atoms with Crippen LogP contribution in [0.4, 0.5) is 5.95 Å². The second kappa shape index (κ2) is 4.92. The van der Waals surface area contributed by atoms with E-state index in [9.17, 15) is 0 Å². The number of hydrogen-bond acceptors (Lipinski definition) is 5. The fraction of sp³-hybridized carbons (Fsp3) is 0. The summed E-state index contributed by atoms with van der Waals surface area (Å²) in [5.74, 6) is 0.244. The van der Waals surface area contributed by atoms with Crippen molar-refractivity contribution < 1.29 is 0 Å². The molecule has 0 aromatic carbocycles. The smallest absolute Gasteiger partial charge is 0.240 e. The number of fused-ring (bicyclic) bond motifs is 1. The van der Waals surface area contributed by atoms with Crippen LogP contribution in [-0.4, -0.2) is 24.6 Å². The first-order chi connectivity index (χ1) is 10.8. The number of hydrogen-bond donors (Lipinski definition) is 1. The van der Waals surface area contributed by atoms with Gasteiger partial charge < -0.3 is 5.73 Å². The van der Waals surface area contributed by atoms with Crippen LogP contribution in [0.25, 0.3) is 28.0 Å². The van der Waals surface area contributed by atoms with Crippen molar-refractivity contribution in [2.24, 2.45) is 0 Å². The van der Waals surface area contributed by atoms with Crippen LogP contribution < -0.4 is 5.73 Å². The van der Waals surface area contributed by atoms with Crippen LogP contribution in [0.1, 0.15) is 0 Å². The first-order valence-electron chi connectivity index (χ1n) is 6.78. The lowest BCUT2D eigenvalue weighted by Crippen LogP contribution is -1.96. The molecule has 2 N–H and O–H groups in total. The third kappa shape index (κ3) is 2.07. The van der Waals surface area contributed by atoms with Crippen LogP contribution >= 0.6 is 0 Å². The van der Waals surface area contributed by atoms with Crippen molar-refractivity contribution in [3.05, 3.63) is 61.2 Å². The van der Waals surface area contributed by atoms with Crippen molar-refractivity contribution in [1.82, 2.24) is 24.6 Å². The van der Waals surface area contributed by atoms with Crippen molar-refractivity contribution in [2.75, 3.05) is 5.73 Å². The Morgan fingerprint density at radius 3 is 2.27 bits per heavy atom. The molecule has 4 rings (SSSR count). The van der Waals surface area contributed by atoms with Gasteiger partial charge in [0.2, 0.25) is 5.95 Å². The Kier molecular flexibility index (Phi) is 2.79. The highest BCUT2D eigenvalue weighted by molar-refractivity contribution is 5.74. The first-order valence-corrected chi connectivity index (χ1v) is 6.78. The highest BCUT2D eigenvalue weighted by Crippen LogP contribution is 2.27. The molecular weight excluding hydrogens is 276 g/mol. The summed E-state index contributed by atoms with van der Waals surface area (Å²) in [6, 6.07) is 11.8. The Balaban J connectivity index is 2.02. The molecule has 0 spiro atoms. The monoisotopic (exact) mass is 288 g/mol. The van der Waals surface area contributed by atoms with Crippen molar-refractivity contribution in [2.45, 2.75) is 0 Å². The van der Waals surface area contributed by atoms with Crippen LogP contribution in [0, 0.1) is 0 Å². The average Bonchev–Trinajstić information content (AvgIpc) is 2.95. The molecule has 22 heavy (non-hydrogen) atoms. The van der Waals surface area contributed by atoms with Gasteiger partial charge in [0.15, 0.2) is 5.65 Å². The fourth-order valence-corrected chi connectivity index (χ4v) is 2.42. The molecule has 6 heteroatoms. The molecule has 0 radical (unpaired) electrons. The van der Waals surface area contributed by atoms with Crippen LogP contribution in [0.3, 0.4) is 0 Å². The number of nitrogens with zero attached hydrogens (tertiary/aromatic N) is 5. The minimum atomic E-state index is 0.244. The maximum absolute atomic E-state index is 5.76. The molecule has 0 fully saturated rings. The SMILES string of the molecule is Nc1nc2cc(-c3cccnc3)cc(-c3cccnc3)n2n1. The van der Waals surface area contributed by atoms with E-state index in [1.54, 1.807) is 23.1 Å². The molecule has 0 saturated carbocycles. The van der Waals surface area contributed by atoms with E-state index < -0.39 is 0 Å². The van der Waals surface area contributed by atoms with Gasteiger partial charge in [-0.05, 0) is 35.9 Å². The molecule has 0 saturated heterocycles. The van der Waals surface area contributed by atoms with E-state index in [1.807, 2.05) is 42.6 Å². The topological polar surface area (TPSA) is 82.0 Å². The molecule has 4 aromatic rings. The normalized spacial score (nSPS) is 10.9. The van der Waals surface area contributed by atoms with Gasteiger partial charge in [0, 0.05) is 35.9 Å². The van der Waals surface area contributed by atoms with E-state index in [-0.39, 0.29) is 5.95 Å². The summed E-state index contributed by atoms with van der Waals surface area (Å²) in [5, 5.41) is 4.26. The lowest BCUT2D eigenvalue weighted by Gasteiger charge is -2.08. The van der Waals surface area contributed by atoms with Crippen molar-refractivity contribution >= 4 is 11.6 Å². The number of pyridine rings is 3. The Morgan fingerprint density at radius 2 is 1.59 bits per heavy atom. The average molecular weight is 288 g/mol. The van der Waals surface area contributed by atoms with Gasteiger partial charge in [-0.3, -0.25) is 9.97 Å². The first kappa shape index (κ1) is 12.5. The lowest BCUT2D eigenvalue weighted by molar-refractivity contribution is 0.975. The molecule has 6 nitrogen and oxygen atoms in total. The predicted molar refractivity (Wildman–Crippen MR) is 83.9 cm³/mol. The molecule has 0 aliphatic rings. The number of nitrogens with two attached hydrogens (primary N) is 1. The highest BCUT2D eigenvalue weighted by Gasteiger charge is 2.11. The second-order valence-electron chi connectivity index (χ2n) is 4.85. The predicted octanol–water partition coefficient (Wildman–Crippen LogP) is 2.44. The summed E-state index contributed by atoms with van der Waals surface area (Å²) < 4.78 is 1.73. The molecular formula is C16H12N6. The van der Waals surface area contributed by atoms with E-state index in [0.29, 0.717) is 5.65 Å². The summed E-state index contributed by atoms with van der Waals surface area (Å²) in [6.07, 6.45) is 7.10. The van der Waals surface area contributed by atoms with Gasteiger partial charge in [-0.1, -0.05) is 6.07 Å². The molecule has 0 amide bonds. The highest BCUT2D eigenvalue weighted by atomic mass is 15.3. The minimum Gasteiger partial charge on any atom is -0.366 e. The van der Waals surface area contributed by atoms with E-state index in [2.05, 4.69) is 20.1 Å². The molecule has 4 aromatic heterocycles. The second-order valence-corrected chi connectivity index (χ2v) is 4.85. The number of anilines is 1. The Hall–Kier alpha value is -3.28. The zero-order valence-corrected chi connectivity index (χ0v) is 11.6. The molecule has 0 aliphatic carbocycles. The minimum absolute atomic E-state index is 0.244. The van der Waals surface area contributed by atoms with Crippen LogP contribution in [-0.2, 0) is 0 Å². The molecule has 4 heterocycles. The van der Waals surface area contributed by atoms with Crippen LogP contribution in [0.2, 0.25) is 0 Å². The van der Waals surface area contributed by atoms with Crippen molar-refractivity contribution in [3.8, 4) is 22.4 Å². The van der Waals surface area contributed by atoms with Gasteiger partial charge >= 0.3 is 0 Å². The summed E-state index contributed by atoms with van der Waals surface area (Å²) in [4.78, 5) is 12.6.